The molecule has 0 atom stereocenters. The van der Waals surface area contributed by atoms with E-state index in [-0.39, 0.29) is 5.91 Å². The summed E-state index contributed by atoms with van der Waals surface area (Å²) >= 11 is 0. The molecule has 0 saturated carbocycles. The molecule has 0 bridgehead atoms. The molecule has 2 aromatic carbocycles. The van der Waals surface area contributed by atoms with E-state index in [2.05, 4.69) is 26.3 Å². The van der Waals surface area contributed by atoms with Crippen LogP contribution in [-0.4, -0.2) is 53.3 Å². The van der Waals surface area contributed by atoms with Crippen molar-refractivity contribution in [1.29, 1.82) is 5.26 Å². The standard InChI is InChI=1S/C26H30N6O/c1-20-26(21(2)32(29-20)24-7-4-3-5-8-24)28-25(33)13-16-30-14-6-15-31(18-17-30)23-11-9-22(19-27)10-12-23/h3-5,7-12H,6,13-18H2,1-2H3,(H,28,33). The molecular weight excluding hydrogens is 412 g/mol. The van der Waals surface area contributed by atoms with Crippen molar-refractivity contribution < 1.29 is 4.79 Å². The highest BCUT2D eigenvalue weighted by Gasteiger charge is 2.18. The second kappa shape index (κ2) is 10.3. The molecule has 1 N–H and O–H groups in total. The first-order chi connectivity index (χ1) is 16.0. The summed E-state index contributed by atoms with van der Waals surface area (Å²) in [6, 6.07) is 19.9. The summed E-state index contributed by atoms with van der Waals surface area (Å²) in [5.41, 5.74) is 5.36. The van der Waals surface area contributed by atoms with Gasteiger partial charge in [-0.1, -0.05) is 18.2 Å². The number of anilines is 2. The minimum Gasteiger partial charge on any atom is -0.370 e. The maximum atomic E-state index is 12.7. The summed E-state index contributed by atoms with van der Waals surface area (Å²) < 4.78 is 1.87. The number of aryl methyl sites for hydroxylation is 1. The van der Waals surface area contributed by atoms with Gasteiger partial charge in [-0.25, -0.2) is 4.68 Å². The number of aromatic nitrogens is 2. The number of nitrogens with one attached hydrogen (secondary N) is 1. The Kier molecular flexibility index (Phi) is 7.06. The van der Waals surface area contributed by atoms with Gasteiger partial charge >= 0.3 is 0 Å². The van der Waals surface area contributed by atoms with Gasteiger partial charge in [-0.15, -0.1) is 0 Å². The second-order valence-corrected chi connectivity index (χ2v) is 8.43. The van der Waals surface area contributed by atoms with E-state index in [0.717, 1.165) is 67.6 Å². The summed E-state index contributed by atoms with van der Waals surface area (Å²) in [6.07, 6.45) is 1.50. The number of para-hydroxylation sites is 1. The lowest BCUT2D eigenvalue weighted by Crippen LogP contribution is -2.32. The molecule has 7 nitrogen and oxygen atoms in total. The predicted molar refractivity (Wildman–Crippen MR) is 131 cm³/mol. The van der Waals surface area contributed by atoms with Gasteiger partial charge in [0.15, 0.2) is 0 Å². The van der Waals surface area contributed by atoms with Crippen LogP contribution in [0.3, 0.4) is 0 Å². The first-order valence-electron chi connectivity index (χ1n) is 11.4. The topological polar surface area (TPSA) is 77.2 Å². The van der Waals surface area contributed by atoms with Gasteiger partial charge in [0.05, 0.1) is 34.4 Å². The third-order valence-electron chi connectivity index (χ3n) is 6.16. The molecule has 1 fully saturated rings. The molecule has 4 rings (SSSR count). The number of hydrogen-bond acceptors (Lipinski definition) is 5. The smallest absolute Gasteiger partial charge is 0.225 e. The lowest BCUT2D eigenvalue weighted by Gasteiger charge is -2.23. The van der Waals surface area contributed by atoms with Gasteiger partial charge in [-0.3, -0.25) is 4.79 Å². The lowest BCUT2D eigenvalue weighted by atomic mass is 10.2. The van der Waals surface area contributed by atoms with Crippen LogP contribution in [0.4, 0.5) is 11.4 Å². The average molecular weight is 443 g/mol. The van der Waals surface area contributed by atoms with E-state index in [9.17, 15) is 4.79 Å². The van der Waals surface area contributed by atoms with Crippen molar-refractivity contribution in [3.05, 3.63) is 71.5 Å². The van der Waals surface area contributed by atoms with Crippen LogP contribution >= 0.6 is 0 Å². The van der Waals surface area contributed by atoms with Crippen molar-refractivity contribution in [3.63, 3.8) is 0 Å². The monoisotopic (exact) mass is 442 g/mol. The van der Waals surface area contributed by atoms with Gasteiger partial charge in [0, 0.05) is 38.3 Å². The number of carbonyl (C=O) groups excluding carboxylic acids is 1. The normalized spacial score (nSPS) is 14.5. The van der Waals surface area contributed by atoms with E-state index in [4.69, 9.17) is 5.26 Å². The zero-order valence-electron chi connectivity index (χ0n) is 19.3. The maximum absolute atomic E-state index is 12.7. The van der Waals surface area contributed by atoms with E-state index in [0.29, 0.717) is 12.0 Å². The number of hydrogen-bond donors (Lipinski definition) is 1. The molecule has 170 valence electrons. The molecule has 0 radical (unpaired) electrons. The Labute approximate surface area is 195 Å². The van der Waals surface area contributed by atoms with Crippen molar-refractivity contribution in [1.82, 2.24) is 14.7 Å². The lowest BCUT2D eigenvalue weighted by molar-refractivity contribution is -0.116. The van der Waals surface area contributed by atoms with Crippen molar-refractivity contribution in [2.24, 2.45) is 0 Å². The van der Waals surface area contributed by atoms with Crippen LogP contribution < -0.4 is 10.2 Å². The molecule has 2 heterocycles. The van der Waals surface area contributed by atoms with Crippen LogP contribution in [0.25, 0.3) is 5.69 Å². The third kappa shape index (κ3) is 5.41. The van der Waals surface area contributed by atoms with E-state index in [1.165, 1.54) is 0 Å². The fourth-order valence-electron chi connectivity index (χ4n) is 4.31. The quantitative estimate of drug-likeness (QED) is 0.627. The Morgan fingerprint density at radius 1 is 1.00 bits per heavy atom. The minimum absolute atomic E-state index is 0.0157. The molecule has 0 unspecified atom stereocenters. The summed E-state index contributed by atoms with van der Waals surface area (Å²) in [6.45, 7) is 8.42. The number of carbonyl (C=O) groups is 1. The molecule has 1 aromatic heterocycles. The van der Waals surface area contributed by atoms with Crippen LogP contribution in [0.15, 0.2) is 54.6 Å². The fourth-order valence-corrected chi connectivity index (χ4v) is 4.31. The molecule has 0 aliphatic carbocycles. The van der Waals surface area contributed by atoms with Crippen molar-refractivity contribution in [3.8, 4) is 11.8 Å². The Morgan fingerprint density at radius 2 is 1.76 bits per heavy atom. The van der Waals surface area contributed by atoms with Gasteiger partial charge in [0.2, 0.25) is 5.91 Å². The highest BCUT2D eigenvalue weighted by molar-refractivity contribution is 5.92. The number of nitriles is 1. The van der Waals surface area contributed by atoms with Crippen LogP contribution in [0.2, 0.25) is 0 Å². The summed E-state index contributed by atoms with van der Waals surface area (Å²) in [5.74, 6) is 0.0157. The molecule has 1 aliphatic rings. The van der Waals surface area contributed by atoms with Gasteiger partial charge in [-0.05, 0) is 63.2 Å². The molecular formula is C26H30N6O. The van der Waals surface area contributed by atoms with Crippen molar-refractivity contribution in [2.45, 2.75) is 26.7 Å². The van der Waals surface area contributed by atoms with E-state index in [1.807, 2.05) is 73.1 Å². The van der Waals surface area contributed by atoms with E-state index in [1.54, 1.807) is 0 Å². The molecule has 1 saturated heterocycles. The van der Waals surface area contributed by atoms with Gasteiger partial charge in [0.25, 0.3) is 0 Å². The molecule has 0 spiro atoms. The summed E-state index contributed by atoms with van der Waals surface area (Å²) in [4.78, 5) is 17.4. The number of benzene rings is 2. The molecule has 33 heavy (non-hydrogen) atoms. The predicted octanol–water partition coefficient (Wildman–Crippen LogP) is 3.90. The summed E-state index contributed by atoms with van der Waals surface area (Å²) in [7, 11) is 0. The zero-order valence-corrected chi connectivity index (χ0v) is 19.3. The third-order valence-corrected chi connectivity index (χ3v) is 6.16. The highest BCUT2D eigenvalue weighted by atomic mass is 16.1. The Balaban J connectivity index is 1.30. The largest absolute Gasteiger partial charge is 0.370 e. The van der Waals surface area contributed by atoms with Crippen molar-refractivity contribution in [2.75, 3.05) is 42.9 Å². The highest BCUT2D eigenvalue weighted by Crippen LogP contribution is 2.23. The first kappa shape index (κ1) is 22.6. The zero-order chi connectivity index (χ0) is 23.2. The minimum atomic E-state index is 0.0157. The SMILES string of the molecule is Cc1nn(-c2ccccc2)c(C)c1NC(=O)CCN1CCCN(c2ccc(C#N)cc2)CC1. The van der Waals surface area contributed by atoms with Crippen LogP contribution in [0.5, 0.6) is 0 Å². The Bertz CT molecular complexity index is 1130. The number of amides is 1. The second-order valence-electron chi connectivity index (χ2n) is 8.43. The molecule has 1 aliphatic heterocycles. The van der Waals surface area contributed by atoms with Gasteiger partial charge in [0.1, 0.15) is 0 Å². The maximum Gasteiger partial charge on any atom is 0.225 e. The Morgan fingerprint density at radius 3 is 2.48 bits per heavy atom. The molecule has 7 heteroatoms. The number of rotatable bonds is 6. The molecule has 1 amide bonds. The Hall–Kier alpha value is -3.63. The fraction of sp³-hybridized carbons (Fsp3) is 0.346. The van der Waals surface area contributed by atoms with E-state index >= 15 is 0 Å². The van der Waals surface area contributed by atoms with Crippen LogP contribution in [0, 0.1) is 25.2 Å². The first-order valence-corrected chi connectivity index (χ1v) is 11.4. The van der Waals surface area contributed by atoms with Crippen molar-refractivity contribution >= 4 is 17.3 Å². The average Bonchev–Trinajstić information content (AvgIpc) is 3.00. The van der Waals surface area contributed by atoms with E-state index < -0.39 is 0 Å². The molecule has 3 aromatic rings. The summed E-state index contributed by atoms with van der Waals surface area (Å²) in [5, 5.41) is 16.7. The van der Waals surface area contributed by atoms with Crippen LogP contribution in [-0.2, 0) is 4.79 Å². The van der Waals surface area contributed by atoms with Gasteiger partial charge < -0.3 is 15.1 Å². The van der Waals surface area contributed by atoms with Gasteiger partial charge in [-0.2, -0.15) is 10.4 Å². The number of nitrogens with zero attached hydrogens (tertiary/aromatic N) is 5. The van der Waals surface area contributed by atoms with Crippen LogP contribution in [0.1, 0.15) is 29.8 Å².